The molecule has 0 spiro atoms. The molecule has 55 heavy (non-hydrogen) atoms. The molecule has 5 heteroatoms. The first kappa shape index (κ1) is 46.8. The smallest absolute Gasteiger partial charge is 0.133 e. The lowest BCUT2D eigenvalue weighted by Crippen LogP contribution is -2.50. The van der Waals surface area contributed by atoms with Crippen LogP contribution in [0.3, 0.4) is 0 Å². The lowest BCUT2D eigenvalue weighted by molar-refractivity contribution is -0.929. The SMILES string of the molecule is CCCCCCCC[N+](CCCCCCCC)(CCCCCCCC)CCCCCCCC.[O-]B([O-])Oc1cccc2ccc3cc4ccccc4cc3c12. The van der Waals surface area contributed by atoms with E-state index < -0.39 is 7.32 Å². The van der Waals surface area contributed by atoms with Crippen molar-refractivity contribution >= 4 is 39.6 Å². The second-order valence-corrected chi connectivity index (χ2v) is 16.6. The van der Waals surface area contributed by atoms with E-state index in [0.717, 1.165) is 32.3 Å². The Labute approximate surface area is 338 Å². The van der Waals surface area contributed by atoms with Crippen molar-refractivity contribution in [2.45, 2.75) is 182 Å². The van der Waals surface area contributed by atoms with E-state index in [4.69, 9.17) is 4.65 Å². The third kappa shape index (κ3) is 18.0. The topological polar surface area (TPSA) is 55.3 Å². The maximum atomic E-state index is 10.9. The minimum absolute atomic E-state index is 0.341. The van der Waals surface area contributed by atoms with E-state index in [1.165, 1.54) is 185 Å². The Morgan fingerprint density at radius 3 is 1.24 bits per heavy atom. The fraction of sp³-hybridized carbons (Fsp3) is 0.640. The molecule has 4 rings (SSSR count). The van der Waals surface area contributed by atoms with Crippen molar-refractivity contribution in [2.24, 2.45) is 0 Å². The van der Waals surface area contributed by atoms with Crippen LogP contribution in [0.25, 0.3) is 32.3 Å². The van der Waals surface area contributed by atoms with Gasteiger partial charge in [0.1, 0.15) is 13.1 Å². The number of nitrogens with zero attached hydrogens (tertiary/aromatic N) is 1. The van der Waals surface area contributed by atoms with Crippen molar-refractivity contribution in [3.05, 3.63) is 66.7 Å². The third-order valence-electron chi connectivity index (χ3n) is 11.9. The molecule has 0 heterocycles. The highest BCUT2D eigenvalue weighted by atomic mass is 16.6. The van der Waals surface area contributed by atoms with E-state index in [2.05, 4.69) is 45.9 Å². The monoisotopic (exact) mass is 753 g/mol. The number of hydrogen-bond acceptors (Lipinski definition) is 3. The van der Waals surface area contributed by atoms with Crippen molar-refractivity contribution in [1.82, 2.24) is 0 Å². The van der Waals surface area contributed by atoms with E-state index in [1.807, 2.05) is 36.4 Å². The number of unbranched alkanes of at least 4 members (excludes halogenated alkanes) is 20. The molecule has 0 radical (unpaired) electrons. The molecule has 0 saturated heterocycles. The van der Waals surface area contributed by atoms with Gasteiger partial charge in [-0.05, 0) is 96.5 Å². The molecule has 0 bridgehead atoms. The summed E-state index contributed by atoms with van der Waals surface area (Å²) in [6.07, 6.45) is 34.8. The van der Waals surface area contributed by atoms with Crippen molar-refractivity contribution in [3.8, 4) is 5.75 Å². The highest BCUT2D eigenvalue weighted by Crippen LogP contribution is 2.35. The van der Waals surface area contributed by atoms with E-state index in [0.29, 0.717) is 5.75 Å². The molecular formula is C50H79BNO3-. The maximum Gasteiger partial charge on any atom is 0.133 e. The normalized spacial score (nSPS) is 11.7. The Bertz CT molecular complexity index is 1490. The number of benzene rings is 4. The van der Waals surface area contributed by atoms with Crippen LogP contribution in [0.2, 0.25) is 0 Å². The van der Waals surface area contributed by atoms with Crippen molar-refractivity contribution < 1.29 is 19.2 Å². The van der Waals surface area contributed by atoms with Gasteiger partial charge in [-0.15, -0.1) is 0 Å². The highest BCUT2D eigenvalue weighted by Gasteiger charge is 2.25. The average Bonchev–Trinajstić information content (AvgIpc) is 3.19. The predicted octanol–water partition coefficient (Wildman–Crippen LogP) is 13.5. The van der Waals surface area contributed by atoms with Gasteiger partial charge in [0.2, 0.25) is 0 Å². The molecule has 0 N–H and O–H groups in total. The minimum Gasteiger partial charge on any atom is -0.860 e. The summed E-state index contributed by atoms with van der Waals surface area (Å²) in [7, 11) is -2.33. The van der Waals surface area contributed by atoms with Crippen LogP contribution >= 0.6 is 0 Å². The van der Waals surface area contributed by atoms with Gasteiger partial charge < -0.3 is 19.2 Å². The van der Waals surface area contributed by atoms with Crippen molar-refractivity contribution in [1.29, 1.82) is 0 Å². The summed E-state index contributed by atoms with van der Waals surface area (Å²) < 4.78 is 6.41. The summed E-state index contributed by atoms with van der Waals surface area (Å²) in [5.74, 6) is 0.341. The first-order valence-corrected chi connectivity index (χ1v) is 23.1. The average molecular weight is 753 g/mol. The zero-order chi connectivity index (χ0) is 39.4. The Balaban J connectivity index is 0.000000315. The quantitative estimate of drug-likeness (QED) is 0.0175. The van der Waals surface area contributed by atoms with Crippen LogP contribution in [-0.4, -0.2) is 38.0 Å². The number of hydrogen-bond donors (Lipinski definition) is 0. The Hall–Kier alpha value is -2.60. The summed E-state index contributed by atoms with van der Waals surface area (Å²) in [4.78, 5) is 0. The molecule has 4 aromatic rings. The molecule has 0 aliphatic rings. The second kappa shape index (κ2) is 28.7. The number of fused-ring (bicyclic) bond motifs is 4. The Kier molecular flexibility index (Phi) is 24.5. The third-order valence-corrected chi connectivity index (χ3v) is 11.9. The zero-order valence-corrected chi connectivity index (χ0v) is 35.9. The molecule has 0 unspecified atom stereocenters. The van der Waals surface area contributed by atoms with Gasteiger partial charge in [-0.3, -0.25) is 0 Å². The summed E-state index contributed by atoms with van der Waals surface area (Å²) in [6, 6.07) is 21.7. The molecule has 0 aliphatic heterocycles. The summed E-state index contributed by atoms with van der Waals surface area (Å²) in [5, 5.41) is 27.9. The first-order chi connectivity index (χ1) is 27.0. The lowest BCUT2D eigenvalue weighted by Gasteiger charge is -2.40. The lowest BCUT2D eigenvalue weighted by atomic mass is 9.97. The van der Waals surface area contributed by atoms with E-state index in [1.54, 1.807) is 12.1 Å². The fourth-order valence-corrected chi connectivity index (χ4v) is 8.55. The largest absolute Gasteiger partial charge is 0.860 e. The first-order valence-electron chi connectivity index (χ1n) is 23.1. The van der Waals surface area contributed by atoms with E-state index in [9.17, 15) is 10.0 Å². The van der Waals surface area contributed by atoms with Gasteiger partial charge in [-0.2, -0.15) is 0 Å². The van der Waals surface area contributed by atoms with Gasteiger partial charge in [0.15, 0.2) is 0 Å². The van der Waals surface area contributed by atoms with Crippen LogP contribution in [0.5, 0.6) is 5.75 Å². The van der Waals surface area contributed by atoms with Crippen LogP contribution in [0.1, 0.15) is 182 Å². The number of quaternary nitrogens is 1. The minimum atomic E-state index is -2.33. The van der Waals surface area contributed by atoms with Crippen molar-refractivity contribution in [2.75, 3.05) is 26.2 Å². The molecule has 0 aromatic heterocycles. The van der Waals surface area contributed by atoms with Gasteiger partial charge in [0.05, 0.1) is 26.2 Å². The van der Waals surface area contributed by atoms with Crippen LogP contribution in [-0.2, 0) is 0 Å². The van der Waals surface area contributed by atoms with Gasteiger partial charge in [-0.1, -0.05) is 179 Å². The molecule has 0 saturated carbocycles. The molecular weight excluding hydrogens is 673 g/mol. The number of rotatable bonds is 30. The summed E-state index contributed by atoms with van der Waals surface area (Å²) in [6.45, 7) is 15.3. The zero-order valence-electron chi connectivity index (χ0n) is 35.9. The second-order valence-electron chi connectivity index (χ2n) is 16.6. The molecule has 4 aromatic carbocycles. The van der Waals surface area contributed by atoms with Crippen molar-refractivity contribution in [3.63, 3.8) is 0 Å². The van der Waals surface area contributed by atoms with Crippen LogP contribution < -0.4 is 14.7 Å². The van der Waals surface area contributed by atoms with E-state index >= 15 is 0 Å². The van der Waals surface area contributed by atoms with E-state index in [-0.39, 0.29) is 0 Å². The van der Waals surface area contributed by atoms with Gasteiger partial charge >= 0.3 is 0 Å². The Morgan fingerprint density at radius 1 is 0.418 bits per heavy atom. The fourth-order valence-electron chi connectivity index (χ4n) is 8.55. The maximum absolute atomic E-state index is 10.9. The molecule has 4 nitrogen and oxygen atoms in total. The molecule has 306 valence electrons. The van der Waals surface area contributed by atoms with Crippen LogP contribution in [0, 0.1) is 0 Å². The Morgan fingerprint density at radius 2 is 0.800 bits per heavy atom. The highest BCUT2D eigenvalue weighted by molar-refractivity contribution is 6.30. The van der Waals surface area contributed by atoms with Crippen LogP contribution in [0.4, 0.5) is 0 Å². The molecule has 0 aliphatic carbocycles. The summed E-state index contributed by atoms with van der Waals surface area (Å²) in [5.41, 5.74) is 0. The molecule has 0 amide bonds. The summed E-state index contributed by atoms with van der Waals surface area (Å²) >= 11 is 0. The van der Waals surface area contributed by atoms with Gasteiger partial charge in [0, 0.05) is 5.39 Å². The molecule has 0 fully saturated rings. The van der Waals surface area contributed by atoms with Gasteiger partial charge in [0.25, 0.3) is 0 Å². The predicted molar refractivity (Wildman–Crippen MR) is 239 cm³/mol. The molecule has 0 atom stereocenters. The standard InChI is InChI=1S/C32H68N.C18H11BO3/c1-5-9-13-17-21-25-29-33(30-26-22-18-14-10-6-2,31-27-23-19-15-11-7-3)32-28-24-20-16-12-8-4;20-19(21)22-17-7-3-6-12-8-9-15-10-13-4-1-2-5-14(13)11-16(15)18(12)17/h5-32H2,1-4H3;1-11H/q+1;-2. The van der Waals surface area contributed by atoms with Crippen LogP contribution in [0.15, 0.2) is 66.7 Å². The van der Waals surface area contributed by atoms with Gasteiger partial charge in [-0.25, -0.2) is 0 Å².